The minimum absolute atomic E-state index is 0.00143. The molecule has 7 heteroatoms. The van der Waals surface area contributed by atoms with Crippen molar-refractivity contribution in [2.45, 2.75) is 0 Å². The zero-order chi connectivity index (χ0) is 18.4. The summed E-state index contributed by atoms with van der Waals surface area (Å²) in [5, 5.41) is 15.7. The van der Waals surface area contributed by atoms with Crippen molar-refractivity contribution < 1.29 is 9.72 Å². The molecular formula is C19H14N4O3. The van der Waals surface area contributed by atoms with Gasteiger partial charge in [-0.3, -0.25) is 14.9 Å². The number of aromatic nitrogens is 1. The number of hydrogen-bond acceptors (Lipinski definition) is 5. The Morgan fingerprint density at radius 1 is 1.08 bits per heavy atom. The molecular weight excluding hydrogens is 332 g/mol. The Morgan fingerprint density at radius 2 is 1.85 bits per heavy atom. The molecule has 0 saturated carbocycles. The molecule has 0 saturated heterocycles. The van der Waals surface area contributed by atoms with Crippen LogP contribution in [0.25, 0.3) is 17.0 Å². The monoisotopic (exact) mass is 346 g/mol. The van der Waals surface area contributed by atoms with Crippen LogP contribution in [0.15, 0.2) is 71.8 Å². The summed E-state index contributed by atoms with van der Waals surface area (Å²) in [5.41, 5.74) is 3.80. The lowest BCUT2D eigenvalue weighted by Crippen LogP contribution is -2.18. The van der Waals surface area contributed by atoms with Gasteiger partial charge < -0.3 is 0 Å². The Bertz CT molecular complexity index is 1030. The number of nitrogens with one attached hydrogen (secondary N) is 1. The molecule has 128 valence electrons. The van der Waals surface area contributed by atoms with Gasteiger partial charge in [0.1, 0.15) is 5.69 Å². The van der Waals surface area contributed by atoms with E-state index in [1.807, 2.05) is 30.3 Å². The van der Waals surface area contributed by atoms with E-state index in [1.165, 1.54) is 18.4 Å². The fraction of sp³-hybridized carbons (Fsp3) is 0. The van der Waals surface area contributed by atoms with E-state index in [-0.39, 0.29) is 11.4 Å². The van der Waals surface area contributed by atoms with Crippen LogP contribution in [-0.2, 0) is 0 Å². The summed E-state index contributed by atoms with van der Waals surface area (Å²) >= 11 is 0. The highest BCUT2D eigenvalue weighted by Crippen LogP contribution is 2.18. The van der Waals surface area contributed by atoms with Gasteiger partial charge in [-0.05, 0) is 30.4 Å². The number of nitro groups is 1. The van der Waals surface area contributed by atoms with E-state index in [4.69, 9.17) is 0 Å². The molecule has 0 bridgehead atoms. The Balaban J connectivity index is 1.64. The van der Waals surface area contributed by atoms with Crippen LogP contribution in [0.1, 0.15) is 16.1 Å². The molecule has 7 nitrogen and oxygen atoms in total. The van der Waals surface area contributed by atoms with Gasteiger partial charge in [0.05, 0.1) is 16.0 Å². The average molecular weight is 346 g/mol. The van der Waals surface area contributed by atoms with Crippen molar-refractivity contribution in [3.63, 3.8) is 0 Å². The fourth-order valence-electron chi connectivity index (χ4n) is 2.33. The summed E-state index contributed by atoms with van der Waals surface area (Å²) in [6, 6.07) is 17.3. The summed E-state index contributed by atoms with van der Waals surface area (Å²) in [4.78, 5) is 26.8. The van der Waals surface area contributed by atoms with Gasteiger partial charge in [0, 0.05) is 17.7 Å². The summed E-state index contributed by atoms with van der Waals surface area (Å²) in [6.45, 7) is 0. The van der Waals surface area contributed by atoms with Gasteiger partial charge in [-0.15, -0.1) is 0 Å². The molecule has 0 aliphatic rings. The summed E-state index contributed by atoms with van der Waals surface area (Å²) < 4.78 is 0. The molecule has 26 heavy (non-hydrogen) atoms. The molecule has 1 aromatic heterocycles. The highest BCUT2D eigenvalue weighted by molar-refractivity contribution is 5.95. The Kier molecular flexibility index (Phi) is 5.09. The van der Waals surface area contributed by atoms with Crippen LogP contribution in [0, 0.1) is 10.1 Å². The number of nitro benzene ring substituents is 1. The minimum Gasteiger partial charge on any atom is -0.266 e. The number of hydrogen-bond donors (Lipinski definition) is 1. The summed E-state index contributed by atoms with van der Waals surface area (Å²) in [5.74, 6) is -0.439. The van der Waals surface area contributed by atoms with Gasteiger partial charge in [-0.25, -0.2) is 10.4 Å². The number of carbonyl (C=O) groups excluding carboxylic acids is 1. The van der Waals surface area contributed by atoms with Crippen LogP contribution in [0.3, 0.4) is 0 Å². The van der Waals surface area contributed by atoms with E-state index in [9.17, 15) is 14.9 Å². The first kappa shape index (κ1) is 17.0. The van der Waals surface area contributed by atoms with Crippen molar-refractivity contribution >= 4 is 34.8 Å². The Hall–Kier alpha value is -3.87. The highest BCUT2D eigenvalue weighted by Gasteiger charge is 2.09. The van der Waals surface area contributed by atoms with E-state index in [0.29, 0.717) is 5.56 Å². The normalized spacial score (nSPS) is 11.2. The molecule has 0 radical (unpaired) electrons. The lowest BCUT2D eigenvalue weighted by atomic mass is 10.2. The first-order valence-corrected chi connectivity index (χ1v) is 7.74. The summed E-state index contributed by atoms with van der Waals surface area (Å²) in [6.07, 6.45) is 4.40. The van der Waals surface area contributed by atoms with Crippen molar-refractivity contribution in [1.82, 2.24) is 10.4 Å². The largest absolute Gasteiger partial charge is 0.289 e. The molecule has 0 aliphatic carbocycles. The third-order valence-corrected chi connectivity index (χ3v) is 3.57. The molecule has 0 aliphatic heterocycles. The third kappa shape index (κ3) is 3.96. The predicted molar refractivity (Wildman–Crippen MR) is 99.8 cm³/mol. The standard InChI is InChI=1S/C19H14N4O3/c24-19(17-12-11-14-6-1-3-9-16(14)21-17)22-20-13-5-8-15-7-2-4-10-18(15)23(25)26/h1-13H,(H,22,24). The van der Waals surface area contributed by atoms with Crippen molar-refractivity contribution in [3.05, 3.63) is 88.1 Å². The number of benzene rings is 2. The van der Waals surface area contributed by atoms with Crippen molar-refractivity contribution in [2.75, 3.05) is 0 Å². The average Bonchev–Trinajstić information content (AvgIpc) is 2.67. The second-order valence-electron chi connectivity index (χ2n) is 5.28. The number of hydrazone groups is 1. The topological polar surface area (TPSA) is 97.5 Å². The van der Waals surface area contributed by atoms with Crippen LogP contribution in [-0.4, -0.2) is 22.0 Å². The molecule has 1 N–H and O–H groups in total. The molecule has 0 spiro atoms. The summed E-state index contributed by atoms with van der Waals surface area (Å²) in [7, 11) is 0. The SMILES string of the molecule is O=C(NN=CC=Cc1ccccc1[N+](=O)[O-])c1ccc2ccccc2n1. The number of rotatable bonds is 5. The van der Waals surface area contributed by atoms with E-state index in [0.717, 1.165) is 10.9 Å². The quantitative estimate of drug-likeness (QED) is 0.434. The van der Waals surface area contributed by atoms with Crippen LogP contribution < -0.4 is 5.43 Å². The minimum atomic E-state index is -0.454. The van der Waals surface area contributed by atoms with Crippen molar-refractivity contribution in [1.29, 1.82) is 0 Å². The number of nitrogens with zero attached hydrogens (tertiary/aromatic N) is 3. The second kappa shape index (κ2) is 7.80. The molecule has 0 atom stereocenters. The number of fused-ring (bicyclic) bond motifs is 1. The van der Waals surface area contributed by atoms with E-state index >= 15 is 0 Å². The molecule has 1 heterocycles. The number of allylic oxidation sites excluding steroid dienone is 1. The van der Waals surface area contributed by atoms with Gasteiger partial charge in [0.15, 0.2) is 0 Å². The molecule has 0 unspecified atom stereocenters. The lowest BCUT2D eigenvalue weighted by Gasteiger charge is -2.01. The number of carbonyl (C=O) groups is 1. The van der Waals surface area contributed by atoms with E-state index in [2.05, 4.69) is 15.5 Å². The molecule has 3 rings (SSSR count). The Labute approximate surface area is 148 Å². The van der Waals surface area contributed by atoms with Crippen LogP contribution >= 0.6 is 0 Å². The maximum Gasteiger partial charge on any atom is 0.289 e. The first-order chi connectivity index (χ1) is 12.6. The van der Waals surface area contributed by atoms with Crippen LogP contribution in [0.5, 0.6) is 0 Å². The predicted octanol–water partition coefficient (Wildman–Crippen LogP) is 3.57. The van der Waals surface area contributed by atoms with Crippen LogP contribution in [0.2, 0.25) is 0 Å². The van der Waals surface area contributed by atoms with Crippen molar-refractivity contribution in [3.8, 4) is 0 Å². The maximum atomic E-state index is 12.1. The zero-order valence-electron chi connectivity index (χ0n) is 13.6. The van der Waals surface area contributed by atoms with Gasteiger partial charge in [-0.2, -0.15) is 5.10 Å². The molecule has 2 aromatic carbocycles. The van der Waals surface area contributed by atoms with E-state index < -0.39 is 10.8 Å². The maximum absolute atomic E-state index is 12.1. The number of pyridine rings is 1. The number of amides is 1. The number of para-hydroxylation sites is 2. The molecule has 3 aromatic rings. The van der Waals surface area contributed by atoms with Gasteiger partial charge >= 0.3 is 0 Å². The smallest absolute Gasteiger partial charge is 0.266 e. The lowest BCUT2D eigenvalue weighted by molar-refractivity contribution is -0.385. The van der Waals surface area contributed by atoms with Crippen LogP contribution in [0.4, 0.5) is 5.69 Å². The fourth-order valence-corrected chi connectivity index (χ4v) is 2.33. The highest BCUT2D eigenvalue weighted by atomic mass is 16.6. The first-order valence-electron chi connectivity index (χ1n) is 7.74. The van der Waals surface area contributed by atoms with Gasteiger partial charge in [0.25, 0.3) is 11.6 Å². The van der Waals surface area contributed by atoms with E-state index in [1.54, 1.807) is 30.3 Å². The second-order valence-corrected chi connectivity index (χ2v) is 5.28. The third-order valence-electron chi connectivity index (χ3n) is 3.57. The zero-order valence-corrected chi connectivity index (χ0v) is 13.6. The Morgan fingerprint density at radius 3 is 2.69 bits per heavy atom. The van der Waals surface area contributed by atoms with Crippen molar-refractivity contribution in [2.24, 2.45) is 5.10 Å². The molecule has 0 fully saturated rings. The van der Waals surface area contributed by atoms with Gasteiger partial charge in [0.2, 0.25) is 0 Å². The molecule has 1 amide bonds. The van der Waals surface area contributed by atoms with Gasteiger partial charge in [-0.1, -0.05) is 36.4 Å².